The highest BCUT2D eigenvalue weighted by Gasteiger charge is 2.10. The van der Waals surface area contributed by atoms with Crippen LogP contribution in [-0.4, -0.2) is 11.0 Å². The first kappa shape index (κ1) is 10.2. The second kappa shape index (κ2) is 4.01. The zero-order valence-electron chi connectivity index (χ0n) is 8.68. The van der Waals surface area contributed by atoms with Crippen LogP contribution in [0, 0.1) is 0 Å². The minimum absolute atomic E-state index is 0.427. The largest absolute Gasteiger partial charge is 0.427 e. The normalized spacial score (nSPS) is 11.7. The Bertz CT molecular complexity index is 565. The molecule has 0 saturated heterocycles. The van der Waals surface area contributed by atoms with E-state index in [4.69, 9.17) is 5.84 Å². The molecule has 0 aliphatic rings. The number of nitrogens with zero attached hydrogens (tertiary/aromatic N) is 2. The van der Waals surface area contributed by atoms with E-state index >= 15 is 0 Å². The molecule has 2 aromatic rings. The predicted molar refractivity (Wildman–Crippen MR) is 57.3 cm³/mol. The summed E-state index contributed by atoms with van der Waals surface area (Å²) in [5, 5.41) is 6.06. The van der Waals surface area contributed by atoms with Gasteiger partial charge in [0.1, 0.15) is 0 Å². The third-order valence-electron chi connectivity index (χ3n) is 2.24. The van der Waals surface area contributed by atoms with Gasteiger partial charge in [-0.3, -0.25) is 4.52 Å². The molecule has 0 fully saturated rings. The standard InChI is InChI=1S/C10H10N4O2/c1-7(12-11)8-2-4-9(5-3-8)14-6-10(15)16-13-14/h2-6H,1H3,(H2-,11,13,15)/p+1. The molecule has 6 heteroatoms. The molecule has 0 saturated carbocycles. The van der Waals surface area contributed by atoms with E-state index in [1.54, 1.807) is 0 Å². The molecular formula is C10H11N4O2+. The zero-order chi connectivity index (χ0) is 11.5. The molecule has 16 heavy (non-hydrogen) atoms. The third kappa shape index (κ3) is 1.85. The zero-order valence-corrected chi connectivity index (χ0v) is 8.68. The van der Waals surface area contributed by atoms with Crippen molar-refractivity contribution in [2.24, 2.45) is 10.9 Å². The molecule has 0 aliphatic heterocycles. The summed E-state index contributed by atoms with van der Waals surface area (Å²) in [4.78, 5) is 10.8. The summed E-state index contributed by atoms with van der Waals surface area (Å²) < 4.78 is 6.04. The van der Waals surface area contributed by atoms with E-state index in [9.17, 15) is 4.79 Å². The molecule has 6 nitrogen and oxygen atoms in total. The van der Waals surface area contributed by atoms with Gasteiger partial charge < -0.3 is 5.84 Å². The molecule has 3 N–H and O–H groups in total. The van der Waals surface area contributed by atoms with Crippen molar-refractivity contribution in [1.29, 1.82) is 0 Å². The van der Waals surface area contributed by atoms with Gasteiger partial charge in [-0.15, -0.1) is 0 Å². The van der Waals surface area contributed by atoms with Gasteiger partial charge in [-0.05, 0) is 34.6 Å². The second-order valence-electron chi connectivity index (χ2n) is 3.27. The Morgan fingerprint density at radius 3 is 2.62 bits per heavy atom. The Balaban J connectivity index is 2.36. The summed E-state index contributed by atoms with van der Waals surface area (Å²) in [6.45, 7) is 1.82. The maximum Gasteiger partial charge on any atom is 0.427 e. The number of hydrazone groups is 1. The van der Waals surface area contributed by atoms with E-state index in [2.05, 4.69) is 14.9 Å². The Morgan fingerprint density at radius 1 is 1.44 bits per heavy atom. The predicted octanol–water partition coefficient (Wildman–Crippen LogP) is -0.0727. The van der Waals surface area contributed by atoms with Crippen LogP contribution in [0.25, 0.3) is 5.69 Å². The van der Waals surface area contributed by atoms with E-state index in [0.717, 1.165) is 17.0 Å². The summed E-state index contributed by atoms with van der Waals surface area (Å²) in [5.41, 5.74) is 2.04. The summed E-state index contributed by atoms with van der Waals surface area (Å²) in [6.07, 6.45) is 1.32. The molecule has 1 heterocycles. The molecule has 0 radical (unpaired) electrons. The molecule has 1 aromatic heterocycles. The lowest BCUT2D eigenvalue weighted by molar-refractivity contribution is -0.670. The summed E-state index contributed by atoms with van der Waals surface area (Å²) in [5.74, 6) is 5.18. The molecule has 0 aliphatic carbocycles. The Morgan fingerprint density at radius 2 is 2.12 bits per heavy atom. The van der Waals surface area contributed by atoms with Gasteiger partial charge in [0.15, 0.2) is 0 Å². The van der Waals surface area contributed by atoms with Crippen molar-refractivity contribution in [3.8, 4) is 5.69 Å². The number of hydrogen-bond donors (Lipinski definition) is 2. The molecule has 0 spiro atoms. The molecule has 1 aromatic carbocycles. The van der Waals surface area contributed by atoms with E-state index in [1.807, 2.05) is 31.2 Å². The highest BCUT2D eigenvalue weighted by atomic mass is 16.5. The minimum Gasteiger partial charge on any atom is -0.323 e. The van der Waals surface area contributed by atoms with Gasteiger partial charge >= 0.3 is 5.63 Å². The van der Waals surface area contributed by atoms with Crippen LogP contribution in [-0.2, 0) is 0 Å². The Labute approximate surface area is 90.9 Å². The Kier molecular flexibility index (Phi) is 2.55. The number of aromatic nitrogens is 2. The van der Waals surface area contributed by atoms with E-state index < -0.39 is 5.63 Å². The number of nitrogens with one attached hydrogen (secondary N) is 1. The molecule has 0 unspecified atom stereocenters. The molecule has 2 rings (SSSR count). The highest BCUT2D eigenvalue weighted by molar-refractivity contribution is 5.98. The average Bonchev–Trinajstić information content (AvgIpc) is 2.75. The molecule has 0 bridgehead atoms. The first-order valence-corrected chi connectivity index (χ1v) is 4.66. The maximum atomic E-state index is 10.8. The molecule has 82 valence electrons. The molecular weight excluding hydrogens is 208 g/mol. The molecule has 0 amide bonds. The van der Waals surface area contributed by atoms with Gasteiger partial charge in [0.2, 0.25) is 5.69 Å². The van der Waals surface area contributed by atoms with E-state index in [0.29, 0.717) is 0 Å². The number of aromatic amines is 1. The van der Waals surface area contributed by atoms with E-state index in [1.165, 1.54) is 10.9 Å². The van der Waals surface area contributed by atoms with Crippen LogP contribution in [0.15, 0.2) is 44.9 Å². The van der Waals surface area contributed by atoms with Gasteiger partial charge in [0.25, 0.3) is 6.20 Å². The summed E-state index contributed by atoms with van der Waals surface area (Å²) >= 11 is 0. The smallest absolute Gasteiger partial charge is 0.323 e. The fourth-order valence-corrected chi connectivity index (χ4v) is 1.32. The number of benzene rings is 1. The van der Waals surface area contributed by atoms with Crippen molar-refractivity contribution in [2.45, 2.75) is 6.92 Å². The SMILES string of the molecule is C/C(=N\N)c1ccc(-[n+]2cc(=O)o[nH]2)cc1. The lowest BCUT2D eigenvalue weighted by atomic mass is 10.1. The maximum absolute atomic E-state index is 10.8. The topological polar surface area (TPSA) is 88.3 Å². The number of H-pyrrole nitrogens is 1. The van der Waals surface area contributed by atoms with Gasteiger partial charge in [0.05, 0.1) is 5.71 Å². The second-order valence-corrected chi connectivity index (χ2v) is 3.27. The van der Waals surface area contributed by atoms with Crippen LogP contribution in [0.1, 0.15) is 12.5 Å². The van der Waals surface area contributed by atoms with Crippen LogP contribution in [0.2, 0.25) is 0 Å². The summed E-state index contributed by atoms with van der Waals surface area (Å²) in [7, 11) is 0. The van der Waals surface area contributed by atoms with Gasteiger partial charge in [-0.1, -0.05) is 0 Å². The van der Waals surface area contributed by atoms with Gasteiger partial charge in [-0.25, -0.2) is 4.79 Å². The lowest BCUT2D eigenvalue weighted by Gasteiger charge is -1.97. The first-order valence-electron chi connectivity index (χ1n) is 4.66. The van der Waals surface area contributed by atoms with Crippen LogP contribution in [0.5, 0.6) is 0 Å². The molecule has 0 atom stereocenters. The fourth-order valence-electron chi connectivity index (χ4n) is 1.32. The Hall–Kier alpha value is -2.37. The van der Waals surface area contributed by atoms with Crippen LogP contribution in [0.4, 0.5) is 0 Å². The van der Waals surface area contributed by atoms with Crippen molar-refractivity contribution in [2.75, 3.05) is 0 Å². The minimum atomic E-state index is -0.427. The van der Waals surface area contributed by atoms with Crippen LogP contribution < -0.4 is 16.2 Å². The van der Waals surface area contributed by atoms with Crippen LogP contribution in [0.3, 0.4) is 0 Å². The van der Waals surface area contributed by atoms with Crippen LogP contribution >= 0.6 is 0 Å². The van der Waals surface area contributed by atoms with Crippen molar-refractivity contribution in [1.82, 2.24) is 5.27 Å². The van der Waals surface area contributed by atoms with Crippen molar-refractivity contribution in [3.63, 3.8) is 0 Å². The number of hydrogen-bond acceptors (Lipinski definition) is 4. The average molecular weight is 219 g/mol. The van der Waals surface area contributed by atoms with Gasteiger partial charge in [0, 0.05) is 12.1 Å². The highest BCUT2D eigenvalue weighted by Crippen LogP contribution is 2.04. The fraction of sp³-hybridized carbons (Fsp3) is 0.100. The van der Waals surface area contributed by atoms with Crippen molar-refractivity contribution >= 4 is 5.71 Å². The van der Waals surface area contributed by atoms with Gasteiger partial charge in [-0.2, -0.15) is 5.10 Å². The summed E-state index contributed by atoms with van der Waals surface area (Å²) in [6, 6.07) is 7.38. The van der Waals surface area contributed by atoms with Crippen molar-refractivity contribution < 1.29 is 9.20 Å². The first-order chi connectivity index (χ1) is 7.70. The number of nitrogens with two attached hydrogens (primary N) is 1. The van der Waals surface area contributed by atoms with Crippen molar-refractivity contribution in [3.05, 3.63) is 46.4 Å². The third-order valence-corrected chi connectivity index (χ3v) is 2.24. The quantitative estimate of drug-likeness (QED) is 0.320. The monoisotopic (exact) mass is 219 g/mol. The lowest BCUT2D eigenvalue weighted by Crippen LogP contribution is -2.32. The number of rotatable bonds is 2. The van der Waals surface area contributed by atoms with E-state index in [-0.39, 0.29) is 0 Å².